The highest BCUT2D eigenvalue weighted by molar-refractivity contribution is 5.81. The fourth-order valence-electron chi connectivity index (χ4n) is 4.39. The molecular weight excluding hydrogens is 470 g/mol. The average molecular weight is 522 g/mol. The molecule has 7 nitrogen and oxygen atoms in total. The van der Waals surface area contributed by atoms with Crippen molar-refractivity contribution in [1.82, 2.24) is 0 Å². The van der Waals surface area contributed by atoms with Crippen LogP contribution in [-0.2, 0) is 9.59 Å². The van der Waals surface area contributed by atoms with Gasteiger partial charge in [0.2, 0.25) is 0 Å². The van der Waals surface area contributed by atoms with Gasteiger partial charge in [0.1, 0.15) is 13.1 Å². The van der Waals surface area contributed by atoms with E-state index in [1.54, 1.807) is 12.1 Å². The highest BCUT2D eigenvalue weighted by Crippen LogP contribution is 2.38. The molecule has 1 aromatic rings. The van der Waals surface area contributed by atoms with Crippen molar-refractivity contribution in [3.8, 4) is 11.5 Å². The molecule has 1 aromatic carbocycles. The van der Waals surface area contributed by atoms with E-state index in [1.165, 1.54) is 81.9 Å². The molecule has 0 aliphatic heterocycles. The molecule has 1 rings (SSSR count). The van der Waals surface area contributed by atoms with E-state index >= 15 is 0 Å². The molecule has 0 aliphatic carbocycles. The van der Waals surface area contributed by atoms with Crippen molar-refractivity contribution in [2.75, 3.05) is 31.2 Å². The maximum absolute atomic E-state index is 11.4. The zero-order chi connectivity index (χ0) is 27.1. The van der Waals surface area contributed by atoms with E-state index in [-0.39, 0.29) is 0 Å². The van der Waals surface area contributed by atoms with Crippen LogP contribution in [0.1, 0.15) is 117 Å². The van der Waals surface area contributed by atoms with Crippen LogP contribution in [0.5, 0.6) is 11.5 Å². The number of para-hydroxylation sites is 1. The third kappa shape index (κ3) is 16.1. The van der Waals surface area contributed by atoms with Crippen molar-refractivity contribution in [2.24, 2.45) is 0 Å². The van der Waals surface area contributed by atoms with Gasteiger partial charge in [0.25, 0.3) is 0 Å². The Balaban J connectivity index is 2.72. The number of carboxylic acid groups (broad SMARTS) is 2. The molecular formula is C30H51NO6. The number of aliphatic carboxylic acids is 2. The third-order valence-electron chi connectivity index (χ3n) is 6.45. The smallest absolute Gasteiger partial charge is 0.323 e. The minimum Gasteiger partial charge on any atom is -0.490 e. The third-order valence-corrected chi connectivity index (χ3v) is 6.45. The predicted molar refractivity (Wildman–Crippen MR) is 150 cm³/mol. The second-order valence-electron chi connectivity index (χ2n) is 9.89. The van der Waals surface area contributed by atoms with Crippen LogP contribution in [0.25, 0.3) is 0 Å². The molecule has 0 atom stereocenters. The quantitative estimate of drug-likeness (QED) is 0.127. The predicted octanol–water partition coefficient (Wildman–Crippen LogP) is 7.70. The lowest BCUT2D eigenvalue weighted by Gasteiger charge is -2.25. The van der Waals surface area contributed by atoms with E-state index in [0.717, 1.165) is 25.7 Å². The van der Waals surface area contributed by atoms with Gasteiger partial charge in [-0.3, -0.25) is 9.59 Å². The molecule has 0 heterocycles. The van der Waals surface area contributed by atoms with Crippen LogP contribution in [0, 0.1) is 0 Å². The van der Waals surface area contributed by atoms with E-state index in [0.29, 0.717) is 30.4 Å². The number of nitrogens with zero attached hydrogens (tertiary/aromatic N) is 1. The first kappa shape index (κ1) is 32.6. The first-order valence-electron chi connectivity index (χ1n) is 14.6. The average Bonchev–Trinajstić information content (AvgIpc) is 2.86. The van der Waals surface area contributed by atoms with Crippen LogP contribution < -0.4 is 14.4 Å². The first-order valence-corrected chi connectivity index (χ1v) is 14.6. The summed E-state index contributed by atoms with van der Waals surface area (Å²) in [4.78, 5) is 24.2. The molecule has 0 aromatic heterocycles. The Labute approximate surface area is 224 Å². The maximum Gasteiger partial charge on any atom is 0.323 e. The Kier molecular flexibility index (Phi) is 19.0. The van der Waals surface area contributed by atoms with Crippen molar-refractivity contribution in [3.63, 3.8) is 0 Å². The van der Waals surface area contributed by atoms with E-state index < -0.39 is 25.0 Å². The number of benzene rings is 1. The number of rotatable bonds is 25. The van der Waals surface area contributed by atoms with Gasteiger partial charge in [-0.1, -0.05) is 110 Å². The monoisotopic (exact) mass is 521 g/mol. The van der Waals surface area contributed by atoms with Crippen molar-refractivity contribution in [1.29, 1.82) is 0 Å². The standard InChI is InChI=1S/C30H51NO6/c1-3-5-7-9-11-13-15-17-22-36-27-21-19-20-26(31(24-28(32)33)25-29(34)35)30(27)37-23-18-16-14-12-10-8-6-4-2/h19-21H,3-18,22-25H2,1-2H3,(H,32,33)(H,34,35). The van der Waals surface area contributed by atoms with Gasteiger partial charge in [0, 0.05) is 0 Å². The first-order chi connectivity index (χ1) is 18.0. The summed E-state index contributed by atoms with van der Waals surface area (Å²) >= 11 is 0. The molecule has 7 heteroatoms. The molecule has 0 aliphatic rings. The molecule has 0 unspecified atom stereocenters. The minimum absolute atomic E-state index is 0.429. The fraction of sp³-hybridized carbons (Fsp3) is 0.733. The summed E-state index contributed by atoms with van der Waals surface area (Å²) in [6, 6.07) is 5.29. The van der Waals surface area contributed by atoms with Crippen LogP contribution in [0.2, 0.25) is 0 Å². The molecule has 0 radical (unpaired) electrons. The van der Waals surface area contributed by atoms with Gasteiger partial charge in [-0.25, -0.2) is 0 Å². The van der Waals surface area contributed by atoms with Crippen molar-refractivity contribution >= 4 is 17.6 Å². The van der Waals surface area contributed by atoms with Gasteiger partial charge < -0.3 is 24.6 Å². The van der Waals surface area contributed by atoms with Crippen LogP contribution in [0.15, 0.2) is 18.2 Å². The molecule has 0 saturated heterocycles. The second kappa shape index (κ2) is 21.6. The summed E-state index contributed by atoms with van der Waals surface area (Å²) in [5.41, 5.74) is 0.442. The van der Waals surface area contributed by atoms with Gasteiger partial charge in [-0.15, -0.1) is 0 Å². The highest BCUT2D eigenvalue weighted by Gasteiger charge is 2.21. The lowest BCUT2D eigenvalue weighted by Crippen LogP contribution is -2.34. The van der Waals surface area contributed by atoms with Gasteiger partial charge in [-0.05, 0) is 25.0 Å². The summed E-state index contributed by atoms with van der Waals surface area (Å²) in [5.74, 6) is -1.21. The number of unbranched alkanes of at least 4 members (excludes halogenated alkanes) is 14. The van der Waals surface area contributed by atoms with Crippen molar-refractivity contribution in [2.45, 2.75) is 117 Å². The van der Waals surface area contributed by atoms with Crippen LogP contribution >= 0.6 is 0 Å². The van der Waals surface area contributed by atoms with Crippen LogP contribution in [0.3, 0.4) is 0 Å². The van der Waals surface area contributed by atoms with Gasteiger partial charge in [0.05, 0.1) is 18.9 Å². The van der Waals surface area contributed by atoms with Gasteiger partial charge in [-0.2, -0.15) is 0 Å². The SMILES string of the molecule is CCCCCCCCCCOc1cccc(N(CC(=O)O)CC(=O)O)c1OCCCCCCCCCC. The van der Waals surface area contributed by atoms with E-state index in [2.05, 4.69) is 13.8 Å². The molecule has 0 spiro atoms. The van der Waals surface area contributed by atoms with Gasteiger partial charge >= 0.3 is 11.9 Å². The Morgan fingerprint density at radius 2 is 1.08 bits per heavy atom. The van der Waals surface area contributed by atoms with E-state index in [4.69, 9.17) is 9.47 Å². The Morgan fingerprint density at radius 3 is 1.54 bits per heavy atom. The topological polar surface area (TPSA) is 96.3 Å². The number of hydrogen-bond acceptors (Lipinski definition) is 5. The summed E-state index contributed by atoms with van der Waals surface area (Å²) in [5, 5.41) is 18.7. The van der Waals surface area contributed by atoms with E-state index in [1.807, 2.05) is 6.07 Å². The summed E-state index contributed by atoms with van der Waals surface area (Å²) in [7, 11) is 0. The lowest BCUT2D eigenvalue weighted by atomic mass is 10.1. The Bertz CT molecular complexity index is 723. The number of carboxylic acids is 2. The second-order valence-corrected chi connectivity index (χ2v) is 9.89. The highest BCUT2D eigenvalue weighted by atomic mass is 16.5. The number of ether oxygens (including phenoxy) is 2. The maximum atomic E-state index is 11.4. The number of hydrogen-bond donors (Lipinski definition) is 2. The Morgan fingerprint density at radius 1 is 0.649 bits per heavy atom. The fourth-order valence-corrected chi connectivity index (χ4v) is 4.39. The van der Waals surface area contributed by atoms with E-state index in [9.17, 15) is 19.8 Å². The van der Waals surface area contributed by atoms with Crippen molar-refractivity contribution < 1.29 is 29.3 Å². The van der Waals surface area contributed by atoms with Crippen molar-refractivity contribution in [3.05, 3.63) is 18.2 Å². The molecule has 0 bridgehead atoms. The molecule has 0 amide bonds. The van der Waals surface area contributed by atoms with Crippen LogP contribution in [-0.4, -0.2) is 48.5 Å². The molecule has 2 N–H and O–H groups in total. The Hall–Kier alpha value is -2.44. The van der Waals surface area contributed by atoms with Crippen LogP contribution in [0.4, 0.5) is 5.69 Å². The summed E-state index contributed by atoms with van der Waals surface area (Å²) in [6.07, 6.45) is 19.1. The summed E-state index contributed by atoms with van der Waals surface area (Å²) < 4.78 is 12.2. The molecule has 212 valence electrons. The molecule has 0 saturated carbocycles. The normalized spacial score (nSPS) is 10.9. The molecule has 0 fully saturated rings. The summed E-state index contributed by atoms with van der Waals surface area (Å²) in [6.45, 7) is 4.61. The van der Waals surface area contributed by atoms with Gasteiger partial charge in [0.15, 0.2) is 11.5 Å². The number of carbonyl (C=O) groups is 2. The zero-order valence-electron chi connectivity index (χ0n) is 23.3. The molecule has 37 heavy (non-hydrogen) atoms. The lowest BCUT2D eigenvalue weighted by molar-refractivity contribution is -0.136. The number of anilines is 1. The minimum atomic E-state index is -1.10. The largest absolute Gasteiger partial charge is 0.490 e. The zero-order valence-corrected chi connectivity index (χ0v) is 23.3.